The lowest BCUT2D eigenvalue weighted by molar-refractivity contribution is -0.147. The largest absolute Gasteiger partial charge is 0.331 e. The Morgan fingerprint density at radius 2 is 1.77 bits per heavy atom. The number of imide groups is 2. The quantitative estimate of drug-likeness (QED) is 0.720. The fraction of sp³-hybridized carbons (Fsp3) is 0.444. The van der Waals surface area contributed by atoms with E-state index in [9.17, 15) is 19.2 Å². The molecule has 4 amide bonds. The summed E-state index contributed by atoms with van der Waals surface area (Å²) in [6, 6.07) is 7.78. The van der Waals surface area contributed by atoms with Crippen LogP contribution in [0.25, 0.3) is 0 Å². The van der Waals surface area contributed by atoms with Gasteiger partial charge in [0.1, 0.15) is 0 Å². The smallest absolute Gasteiger partial charge is 0.309 e. The summed E-state index contributed by atoms with van der Waals surface area (Å²) >= 11 is 0. The number of urea groups is 1. The molecular formula is C18H24ClN3O4. The van der Waals surface area contributed by atoms with Gasteiger partial charge < -0.3 is 4.90 Å². The van der Waals surface area contributed by atoms with Gasteiger partial charge in [0, 0.05) is 13.0 Å². The summed E-state index contributed by atoms with van der Waals surface area (Å²) in [5.41, 5.74) is -0.977. The van der Waals surface area contributed by atoms with E-state index in [1.807, 2.05) is 19.0 Å². The summed E-state index contributed by atoms with van der Waals surface area (Å²) in [6.07, 6.45) is 0.416. The first-order valence-electron chi connectivity index (χ1n) is 8.22. The van der Waals surface area contributed by atoms with E-state index in [1.165, 1.54) is 0 Å². The number of hydrogen-bond acceptors (Lipinski definition) is 5. The van der Waals surface area contributed by atoms with Gasteiger partial charge in [-0.15, -0.1) is 12.4 Å². The van der Waals surface area contributed by atoms with E-state index in [4.69, 9.17) is 0 Å². The first kappa shape index (κ1) is 21.8. The summed E-state index contributed by atoms with van der Waals surface area (Å²) in [7, 11) is 3.67. The molecule has 1 unspecified atom stereocenters. The van der Waals surface area contributed by atoms with Gasteiger partial charge in [-0.05, 0) is 26.1 Å². The lowest BCUT2D eigenvalue weighted by atomic mass is 9.74. The van der Waals surface area contributed by atoms with Crippen LogP contribution in [0.3, 0.4) is 0 Å². The number of halogens is 1. The summed E-state index contributed by atoms with van der Waals surface area (Å²) in [6.45, 7) is 1.91. The van der Waals surface area contributed by atoms with E-state index in [2.05, 4.69) is 5.32 Å². The number of barbiturate groups is 1. The van der Waals surface area contributed by atoms with Gasteiger partial charge >= 0.3 is 6.03 Å². The molecule has 1 fully saturated rings. The van der Waals surface area contributed by atoms with Crippen molar-refractivity contribution < 1.29 is 19.2 Å². The van der Waals surface area contributed by atoms with Crippen molar-refractivity contribution in [1.82, 2.24) is 15.1 Å². The summed E-state index contributed by atoms with van der Waals surface area (Å²) < 4.78 is 0. The number of carbonyl (C=O) groups is 4. The van der Waals surface area contributed by atoms with Crippen LogP contribution in [0.15, 0.2) is 30.3 Å². The Labute approximate surface area is 159 Å². The van der Waals surface area contributed by atoms with Crippen LogP contribution in [0.2, 0.25) is 0 Å². The van der Waals surface area contributed by atoms with Crippen LogP contribution in [0.4, 0.5) is 4.79 Å². The number of benzene rings is 1. The second-order valence-electron chi connectivity index (χ2n) is 6.37. The molecule has 1 saturated heterocycles. The van der Waals surface area contributed by atoms with Gasteiger partial charge in [0.2, 0.25) is 5.91 Å². The van der Waals surface area contributed by atoms with Crippen molar-refractivity contribution in [3.05, 3.63) is 35.9 Å². The maximum Gasteiger partial charge on any atom is 0.331 e. The zero-order chi connectivity index (χ0) is 18.6. The van der Waals surface area contributed by atoms with Crippen LogP contribution < -0.4 is 5.32 Å². The van der Waals surface area contributed by atoms with Gasteiger partial charge in [0.05, 0.1) is 6.54 Å². The summed E-state index contributed by atoms with van der Waals surface area (Å²) in [5.74, 6) is -1.52. The second-order valence-corrected chi connectivity index (χ2v) is 6.37. The topological polar surface area (TPSA) is 86.8 Å². The van der Waals surface area contributed by atoms with Crippen LogP contribution in [0, 0.1) is 0 Å². The van der Waals surface area contributed by atoms with Gasteiger partial charge in [-0.1, -0.05) is 37.3 Å². The zero-order valence-electron chi connectivity index (χ0n) is 15.2. The molecule has 0 aromatic heterocycles. The fourth-order valence-electron chi connectivity index (χ4n) is 2.93. The van der Waals surface area contributed by atoms with Crippen LogP contribution in [0.5, 0.6) is 0 Å². The van der Waals surface area contributed by atoms with Crippen molar-refractivity contribution >= 4 is 36.0 Å². The number of carbonyl (C=O) groups excluding carboxylic acids is 4. The Hall–Kier alpha value is -2.25. The van der Waals surface area contributed by atoms with Crippen molar-refractivity contribution in [3.8, 4) is 0 Å². The van der Waals surface area contributed by atoms with Crippen LogP contribution in [0.1, 0.15) is 25.3 Å². The number of nitrogens with one attached hydrogen (secondary N) is 1. The molecule has 8 heteroatoms. The van der Waals surface area contributed by atoms with Gasteiger partial charge in [-0.3, -0.25) is 24.6 Å². The molecule has 1 aromatic carbocycles. The molecule has 0 aliphatic carbocycles. The Kier molecular flexibility index (Phi) is 7.47. The number of amides is 4. The molecule has 1 aromatic rings. The van der Waals surface area contributed by atoms with Gasteiger partial charge in [0.25, 0.3) is 5.91 Å². The van der Waals surface area contributed by atoms with E-state index < -0.39 is 23.3 Å². The van der Waals surface area contributed by atoms with Gasteiger partial charge in [-0.25, -0.2) is 4.79 Å². The Morgan fingerprint density at radius 3 is 2.31 bits per heavy atom. The number of rotatable bonds is 7. The molecule has 0 bridgehead atoms. The molecule has 0 radical (unpaired) electrons. The van der Waals surface area contributed by atoms with Crippen LogP contribution in [-0.4, -0.2) is 60.6 Å². The van der Waals surface area contributed by atoms with Crippen molar-refractivity contribution in [2.45, 2.75) is 25.2 Å². The molecule has 0 saturated carbocycles. The maximum atomic E-state index is 13.1. The summed E-state index contributed by atoms with van der Waals surface area (Å²) in [4.78, 5) is 52.6. The first-order valence-corrected chi connectivity index (χ1v) is 8.22. The SMILES string of the molecule is CCC1(c2ccccc2)C(=O)NC(=O)N(CC(=O)CCN(C)C)C1=O.Cl. The van der Waals surface area contributed by atoms with E-state index in [1.54, 1.807) is 37.3 Å². The van der Waals surface area contributed by atoms with Crippen molar-refractivity contribution in [1.29, 1.82) is 0 Å². The number of nitrogens with zero attached hydrogens (tertiary/aromatic N) is 2. The second kappa shape index (κ2) is 8.91. The Balaban J connectivity index is 0.00000338. The highest BCUT2D eigenvalue weighted by Gasteiger charge is 2.54. The van der Waals surface area contributed by atoms with E-state index >= 15 is 0 Å². The third-order valence-electron chi connectivity index (χ3n) is 4.43. The highest BCUT2D eigenvalue weighted by atomic mass is 35.5. The normalized spacial score (nSPS) is 20.0. The standard InChI is InChI=1S/C18H23N3O4.ClH/c1-4-18(13-8-6-5-7-9-13)15(23)19-17(25)21(16(18)24)12-14(22)10-11-20(2)3;/h5-9H,4,10-12H2,1-3H3,(H,19,23,25);1H. The van der Waals surface area contributed by atoms with Crippen LogP contribution in [-0.2, 0) is 19.8 Å². The molecule has 1 aliphatic heterocycles. The van der Waals surface area contributed by atoms with Crippen molar-refractivity contribution in [2.24, 2.45) is 0 Å². The molecule has 2 rings (SSSR count). The van der Waals surface area contributed by atoms with Crippen molar-refractivity contribution in [3.63, 3.8) is 0 Å². The molecule has 1 aliphatic rings. The fourth-order valence-corrected chi connectivity index (χ4v) is 2.93. The zero-order valence-corrected chi connectivity index (χ0v) is 16.0. The molecule has 1 N–H and O–H groups in total. The molecule has 7 nitrogen and oxygen atoms in total. The van der Waals surface area contributed by atoms with Crippen LogP contribution >= 0.6 is 12.4 Å². The highest BCUT2D eigenvalue weighted by molar-refractivity contribution is 6.23. The predicted molar refractivity (Wildman–Crippen MR) is 99.1 cm³/mol. The predicted octanol–water partition coefficient (Wildman–Crippen LogP) is 1.36. The minimum absolute atomic E-state index is 0. The lowest BCUT2D eigenvalue weighted by Crippen LogP contribution is -2.66. The number of Topliss-reactive ketones (excluding diaryl/α,β-unsaturated/α-hetero) is 1. The third-order valence-corrected chi connectivity index (χ3v) is 4.43. The average Bonchev–Trinajstić information content (AvgIpc) is 2.58. The molecule has 1 atom stereocenters. The van der Waals surface area contributed by atoms with Gasteiger partial charge in [0.15, 0.2) is 11.2 Å². The Morgan fingerprint density at radius 1 is 1.15 bits per heavy atom. The highest BCUT2D eigenvalue weighted by Crippen LogP contribution is 2.33. The number of hydrogen-bond donors (Lipinski definition) is 1. The third kappa shape index (κ3) is 4.11. The summed E-state index contributed by atoms with van der Waals surface area (Å²) in [5, 5.41) is 2.23. The van der Waals surface area contributed by atoms with E-state index in [-0.39, 0.29) is 37.6 Å². The molecule has 26 heavy (non-hydrogen) atoms. The lowest BCUT2D eigenvalue weighted by Gasteiger charge is -2.38. The molecular weight excluding hydrogens is 358 g/mol. The van der Waals surface area contributed by atoms with E-state index in [0.717, 1.165) is 4.90 Å². The first-order chi connectivity index (χ1) is 11.8. The molecule has 1 heterocycles. The number of ketones is 1. The maximum absolute atomic E-state index is 13.1. The van der Waals surface area contributed by atoms with Gasteiger partial charge in [-0.2, -0.15) is 0 Å². The van der Waals surface area contributed by atoms with Crippen molar-refractivity contribution in [2.75, 3.05) is 27.2 Å². The molecule has 142 valence electrons. The van der Waals surface area contributed by atoms with E-state index in [0.29, 0.717) is 12.1 Å². The molecule has 0 spiro atoms. The Bertz CT molecular complexity index is 693. The monoisotopic (exact) mass is 381 g/mol. The minimum atomic E-state index is -1.49. The average molecular weight is 382 g/mol. The minimum Gasteiger partial charge on any atom is -0.309 e.